The molecule has 5 rings (SSSR count). The highest BCUT2D eigenvalue weighted by atomic mass is 31.1. The number of carbonyl (C=O) groups excluding carboxylic acids is 2. The molecule has 0 aromatic heterocycles. The van der Waals surface area contributed by atoms with Crippen LogP contribution in [0, 0.1) is 0 Å². The van der Waals surface area contributed by atoms with Crippen molar-refractivity contribution in [2.75, 3.05) is 5.32 Å². The van der Waals surface area contributed by atoms with Gasteiger partial charge in [0.1, 0.15) is 5.66 Å². The zero-order chi connectivity index (χ0) is 26.3. The van der Waals surface area contributed by atoms with E-state index in [1.54, 1.807) is 6.08 Å². The minimum Gasteiger partial charge on any atom is -0.348 e. The molecular formula is C32H29N2O3P. The van der Waals surface area contributed by atoms with Crippen molar-refractivity contribution in [3.63, 3.8) is 0 Å². The van der Waals surface area contributed by atoms with Gasteiger partial charge in [-0.25, -0.2) is 0 Å². The lowest BCUT2D eigenvalue weighted by molar-refractivity contribution is -0.117. The van der Waals surface area contributed by atoms with Crippen LogP contribution in [-0.2, 0) is 27.1 Å². The molecule has 3 aromatic rings. The lowest BCUT2D eigenvalue weighted by Crippen LogP contribution is -2.29. The van der Waals surface area contributed by atoms with Gasteiger partial charge in [-0.3, -0.25) is 14.2 Å². The smallest absolute Gasteiger partial charge is 0.244 e. The third kappa shape index (κ3) is 5.90. The van der Waals surface area contributed by atoms with Crippen molar-refractivity contribution >= 4 is 50.3 Å². The summed E-state index contributed by atoms with van der Waals surface area (Å²) in [4.78, 5) is 26.0. The minimum atomic E-state index is -0.842. The van der Waals surface area contributed by atoms with Crippen molar-refractivity contribution in [1.29, 1.82) is 0 Å². The van der Waals surface area contributed by atoms with Crippen LogP contribution in [0.1, 0.15) is 52.7 Å². The average molecular weight is 521 g/mol. The second kappa shape index (κ2) is 12.0. The molecule has 0 spiro atoms. The van der Waals surface area contributed by atoms with Gasteiger partial charge in [0.25, 0.3) is 0 Å². The number of aryl methyl sites for hydroxylation is 1. The van der Waals surface area contributed by atoms with E-state index in [9.17, 15) is 14.2 Å². The Kier molecular flexibility index (Phi) is 8.06. The largest absolute Gasteiger partial charge is 0.348 e. The van der Waals surface area contributed by atoms with E-state index in [0.29, 0.717) is 12.2 Å². The fourth-order valence-corrected chi connectivity index (χ4v) is 5.42. The van der Waals surface area contributed by atoms with E-state index >= 15 is 0 Å². The fraction of sp³-hybridized carbons (Fsp3) is 0.188. The summed E-state index contributed by atoms with van der Waals surface area (Å²) in [5.41, 5.74) is 4.37. The zero-order valence-corrected chi connectivity index (χ0v) is 21.9. The maximum atomic E-state index is 13.5. The fourth-order valence-electron chi connectivity index (χ4n) is 4.92. The van der Waals surface area contributed by atoms with Crippen molar-refractivity contribution in [3.05, 3.63) is 111 Å². The van der Waals surface area contributed by atoms with Crippen molar-refractivity contribution in [3.8, 4) is 0 Å². The van der Waals surface area contributed by atoms with E-state index in [2.05, 4.69) is 34.9 Å². The lowest BCUT2D eigenvalue weighted by Gasteiger charge is -2.19. The molecule has 6 heteroatoms. The molecule has 0 saturated carbocycles. The summed E-state index contributed by atoms with van der Waals surface area (Å²) in [5.74, 6) is -0.574. The van der Waals surface area contributed by atoms with E-state index in [1.807, 2.05) is 60.7 Å². The molecule has 0 aliphatic heterocycles. The molecule has 2 aliphatic carbocycles. The summed E-state index contributed by atoms with van der Waals surface area (Å²) < 4.78 is 12.3. The maximum absolute atomic E-state index is 13.5. The number of rotatable bonds is 8. The molecule has 2 N–H and O–H groups in total. The van der Waals surface area contributed by atoms with Gasteiger partial charge in [0.05, 0.1) is 0 Å². The topological polar surface area (TPSA) is 75.3 Å². The van der Waals surface area contributed by atoms with E-state index in [4.69, 9.17) is 0 Å². The molecule has 3 aromatic carbocycles. The number of fused-ring (bicyclic) bond motifs is 2. The number of allylic oxidation sites excluding steroid dienone is 1. The number of amides is 2. The van der Waals surface area contributed by atoms with Gasteiger partial charge in [-0.2, -0.15) is 0 Å². The Morgan fingerprint density at radius 2 is 1.74 bits per heavy atom. The van der Waals surface area contributed by atoms with Crippen LogP contribution in [0.4, 0.5) is 5.69 Å². The van der Waals surface area contributed by atoms with Gasteiger partial charge >= 0.3 is 0 Å². The molecule has 190 valence electrons. The van der Waals surface area contributed by atoms with Crippen LogP contribution < -0.4 is 21.1 Å². The molecule has 1 unspecified atom stereocenters. The Morgan fingerprint density at radius 1 is 0.947 bits per heavy atom. The Bertz CT molecular complexity index is 1560. The first-order chi connectivity index (χ1) is 18.6. The molecule has 0 bridgehead atoms. The molecule has 2 amide bonds. The summed E-state index contributed by atoms with van der Waals surface area (Å²) in [5, 5.41) is 8.01. The van der Waals surface area contributed by atoms with Gasteiger partial charge in [-0.1, -0.05) is 72.8 Å². The summed E-state index contributed by atoms with van der Waals surface area (Å²) in [7, 11) is -0.269. The van der Waals surface area contributed by atoms with E-state index in [1.165, 1.54) is 6.08 Å². The molecule has 0 saturated heterocycles. The summed E-state index contributed by atoms with van der Waals surface area (Å²) in [6, 6.07) is 19.5. The number of benzene rings is 3. The molecule has 5 nitrogen and oxygen atoms in total. The van der Waals surface area contributed by atoms with Crippen molar-refractivity contribution in [2.24, 2.45) is 0 Å². The Morgan fingerprint density at radius 3 is 2.53 bits per heavy atom. The molecule has 1 atom stereocenters. The highest BCUT2D eigenvalue weighted by Gasteiger charge is 2.25. The second-order valence-corrected chi connectivity index (χ2v) is 10.2. The molecule has 2 aliphatic rings. The van der Waals surface area contributed by atoms with Crippen molar-refractivity contribution in [1.82, 2.24) is 5.32 Å². The molecule has 0 fully saturated rings. The monoisotopic (exact) mass is 520 g/mol. The zero-order valence-electron chi connectivity index (χ0n) is 21.0. The summed E-state index contributed by atoms with van der Waals surface area (Å²) >= 11 is 0. The first-order valence-electron chi connectivity index (χ1n) is 12.9. The number of hydrogen-bond acceptors (Lipinski definition) is 3. The van der Waals surface area contributed by atoms with Crippen molar-refractivity contribution in [2.45, 2.75) is 37.9 Å². The highest BCUT2D eigenvalue weighted by Crippen LogP contribution is 2.35. The Labute approximate surface area is 223 Å². The first-order valence-corrected chi connectivity index (χ1v) is 13.8. The third-order valence-corrected chi connectivity index (χ3v) is 7.60. The van der Waals surface area contributed by atoms with Gasteiger partial charge < -0.3 is 10.6 Å². The third-order valence-electron chi connectivity index (χ3n) is 6.88. The number of anilines is 1. The Hall–Kier alpha value is -4.08. The predicted molar refractivity (Wildman–Crippen MR) is 154 cm³/mol. The van der Waals surface area contributed by atoms with Crippen LogP contribution in [0.2, 0.25) is 0 Å². The SMILES string of the molecule is O=PC(C(=O)Nc1cc2c(cc1/C=C/C(=O)NCc1ccccc1)=CCCC=2)c1cccc2c1C=CCC2. The highest BCUT2D eigenvalue weighted by molar-refractivity contribution is 7.26. The lowest BCUT2D eigenvalue weighted by atomic mass is 9.91. The van der Waals surface area contributed by atoms with E-state index < -0.39 is 5.66 Å². The number of hydrogen-bond donors (Lipinski definition) is 2. The van der Waals surface area contributed by atoms with Crippen LogP contribution in [0.25, 0.3) is 24.3 Å². The van der Waals surface area contributed by atoms with Gasteiger partial charge in [-0.15, -0.1) is 0 Å². The van der Waals surface area contributed by atoms with E-state index in [0.717, 1.165) is 63.9 Å². The van der Waals surface area contributed by atoms with Gasteiger partial charge in [-0.05, 0) is 82.1 Å². The normalized spacial score (nSPS) is 14.6. The number of carbonyl (C=O) groups is 2. The second-order valence-electron chi connectivity index (χ2n) is 9.45. The van der Waals surface area contributed by atoms with Crippen LogP contribution in [0.3, 0.4) is 0 Å². The summed E-state index contributed by atoms with van der Waals surface area (Å²) in [6.07, 6.45) is 15.4. The van der Waals surface area contributed by atoms with Crippen LogP contribution in [0.15, 0.2) is 72.8 Å². The maximum Gasteiger partial charge on any atom is 0.244 e. The van der Waals surface area contributed by atoms with Crippen LogP contribution in [-0.4, -0.2) is 11.8 Å². The molecule has 0 heterocycles. The van der Waals surface area contributed by atoms with Crippen LogP contribution in [0.5, 0.6) is 0 Å². The molecule has 0 radical (unpaired) electrons. The standard InChI is InChI=1S/C32H29N2O3P/c35-30(33-21-22-9-2-1-3-10-22)18-17-26-19-24-12-4-5-13-25(24)20-29(26)34-32(36)31(38-37)28-16-8-14-23-11-6-7-15-27(23)28/h1-3,7-10,12-20,31H,4-6,11,21H2,(H,33,35)(H,34,36)/b18-17+. The van der Waals surface area contributed by atoms with E-state index in [-0.39, 0.29) is 20.3 Å². The number of nitrogens with one attached hydrogen (secondary N) is 2. The van der Waals surface area contributed by atoms with Gasteiger partial charge in [0.15, 0.2) is 8.46 Å². The van der Waals surface area contributed by atoms with Crippen LogP contribution >= 0.6 is 8.46 Å². The summed E-state index contributed by atoms with van der Waals surface area (Å²) in [6.45, 7) is 0.431. The molecular weight excluding hydrogens is 491 g/mol. The van der Waals surface area contributed by atoms with Crippen molar-refractivity contribution < 1.29 is 14.2 Å². The van der Waals surface area contributed by atoms with Gasteiger partial charge in [0.2, 0.25) is 11.8 Å². The first kappa shape index (κ1) is 25.6. The average Bonchev–Trinajstić information content (AvgIpc) is 2.96. The quantitative estimate of drug-likeness (QED) is 0.313. The van der Waals surface area contributed by atoms with Gasteiger partial charge in [0, 0.05) is 18.3 Å². The predicted octanol–water partition coefficient (Wildman–Crippen LogP) is 5.30. The minimum absolute atomic E-state index is 0.224. The Balaban J connectivity index is 1.41. The molecule has 38 heavy (non-hydrogen) atoms.